The van der Waals surface area contributed by atoms with Crippen LogP contribution in [0.15, 0.2) is 53.7 Å². The van der Waals surface area contributed by atoms with Gasteiger partial charge in [-0.05, 0) is 42.7 Å². The Labute approximate surface area is 156 Å². The van der Waals surface area contributed by atoms with Gasteiger partial charge in [0.05, 0.1) is 9.73 Å². The van der Waals surface area contributed by atoms with Gasteiger partial charge in [0.1, 0.15) is 17.9 Å². The number of hydrogen-bond acceptors (Lipinski definition) is 6. The first kappa shape index (κ1) is 17.7. The van der Waals surface area contributed by atoms with Crippen molar-refractivity contribution in [3.63, 3.8) is 0 Å². The highest BCUT2D eigenvalue weighted by molar-refractivity contribution is 7.93. The van der Waals surface area contributed by atoms with Crippen molar-refractivity contribution >= 4 is 20.6 Å². The lowest BCUT2D eigenvalue weighted by atomic mass is 10.2. The predicted octanol–water partition coefficient (Wildman–Crippen LogP) is 4.08. The van der Waals surface area contributed by atoms with E-state index in [4.69, 9.17) is 14.3 Å². The summed E-state index contributed by atoms with van der Waals surface area (Å²) >= 11 is 0. The predicted molar refractivity (Wildman–Crippen MR) is 99.1 cm³/mol. The molecule has 1 atom stereocenters. The van der Waals surface area contributed by atoms with Gasteiger partial charge in [-0.25, -0.2) is 18.4 Å². The second-order valence-electron chi connectivity index (χ2n) is 6.31. The van der Waals surface area contributed by atoms with Gasteiger partial charge < -0.3 is 9.47 Å². The van der Waals surface area contributed by atoms with Crippen LogP contribution in [-0.4, -0.2) is 26.3 Å². The molecule has 8 heteroatoms. The lowest BCUT2D eigenvalue weighted by Gasteiger charge is -2.12. The van der Waals surface area contributed by atoms with Gasteiger partial charge in [0.25, 0.3) is 0 Å². The van der Waals surface area contributed by atoms with Crippen molar-refractivity contribution < 1.29 is 18.1 Å². The van der Waals surface area contributed by atoms with Gasteiger partial charge in [0.15, 0.2) is 0 Å². The van der Waals surface area contributed by atoms with Crippen LogP contribution in [0.5, 0.6) is 11.6 Å². The van der Waals surface area contributed by atoms with E-state index in [1.165, 1.54) is 6.20 Å². The van der Waals surface area contributed by atoms with E-state index >= 15 is 0 Å². The number of rotatable bonds is 7. The molecule has 0 spiro atoms. The molecule has 1 fully saturated rings. The Morgan fingerprint density at radius 2 is 1.96 bits per heavy atom. The van der Waals surface area contributed by atoms with E-state index in [9.17, 15) is 8.60 Å². The highest BCUT2D eigenvalue weighted by Crippen LogP contribution is 2.34. The number of halogens is 1. The first-order valence-corrected chi connectivity index (χ1v) is 10.1. The molecule has 1 N–H and O–H groups in total. The maximum atomic E-state index is 12.6. The molecule has 0 radical (unpaired) electrons. The fraction of sp³-hybridized carbons (Fsp3) is 0.263. The van der Waals surface area contributed by atoms with E-state index in [2.05, 4.69) is 9.97 Å². The summed E-state index contributed by atoms with van der Waals surface area (Å²) in [4.78, 5) is 8.72. The van der Waals surface area contributed by atoms with Crippen LogP contribution in [0.4, 0.5) is 4.39 Å². The van der Waals surface area contributed by atoms with Crippen molar-refractivity contribution in [3.8, 4) is 11.6 Å². The van der Waals surface area contributed by atoms with Gasteiger partial charge in [0.2, 0.25) is 12.7 Å². The monoisotopic (exact) mass is 387 g/mol. The summed E-state index contributed by atoms with van der Waals surface area (Å²) < 4.78 is 44.1. The van der Waals surface area contributed by atoms with Crippen molar-refractivity contribution in [2.24, 2.45) is 0 Å². The van der Waals surface area contributed by atoms with E-state index in [0.717, 1.165) is 18.4 Å². The summed E-state index contributed by atoms with van der Waals surface area (Å²) in [5.41, 5.74) is 1.25. The summed E-state index contributed by atoms with van der Waals surface area (Å²) in [7, 11) is -2.74. The molecule has 0 amide bonds. The maximum absolute atomic E-state index is 12.6. The van der Waals surface area contributed by atoms with Crippen LogP contribution in [0.25, 0.3) is 10.9 Å². The van der Waals surface area contributed by atoms with Crippen LogP contribution in [0.2, 0.25) is 0 Å². The van der Waals surface area contributed by atoms with Gasteiger partial charge in [0, 0.05) is 27.9 Å². The number of aromatic nitrogens is 2. The molecule has 1 aliphatic carbocycles. The summed E-state index contributed by atoms with van der Waals surface area (Å²) in [5, 5.41) is 0.633. The molecule has 140 valence electrons. The third-order valence-electron chi connectivity index (χ3n) is 4.41. The zero-order valence-electron chi connectivity index (χ0n) is 14.4. The van der Waals surface area contributed by atoms with Crippen LogP contribution in [-0.2, 0) is 16.3 Å². The lowest BCUT2D eigenvalue weighted by Crippen LogP contribution is -2.06. The van der Waals surface area contributed by atoms with Crippen LogP contribution >= 0.6 is 0 Å². The number of pyridine rings is 2. The van der Waals surface area contributed by atoms with Crippen LogP contribution in [0.3, 0.4) is 0 Å². The molecule has 0 saturated heterocycles. The molecular formula is C19H18FN3O3S. The Hall–Kier alpha value is -2.74. The standard InChI is InChI=1S/C19H18FN3O3S/c20-12-26-19-18-16(6-8-23-19)17(7-9-22-18)25-11-13-2-1-3-15(10-13)27(21,24)14-4-5-14/h1-3,6-10,14,21H,4-5,11-12H2. The van der Waals surface area contributed by atoms with E-state index < -0.39 is 16.6 Å². The number of hydrogen-bond donors (Lipinski definition) is 1. The third kappa shape index (κ3) is 3.57. The largest absolute Gasteiger partial charge is 0.488 e. The number of ether oxygens (including phenoxy) is 2. The third-order valence-corrected chi connectivity index (χ3v) is 6.78. The van der Waals surface area contributed by atoms with Crippen LogP contribution < -0.4 is 9.47 Å². The van der Waals surface area contributed by atoms with E-state index in [-0.39, 0.29) is 17.7 Å². The number of benzene rings is 1. The van der Waals surface area contributed by atoms with Crippen molar-refractivity contribution in [1.82, 2.24) is 9.97 Å². The minimum Gasteiger partial charge on any atom is -0.488 e. The summed E-state index contributed by atoms with van der Waals surface area (Å²) in [5.74, 6) is 0.672. The quantitative estimate of drug-likeness (QED) is 0.660. The molecule has 0 bridgehead atoms. The van der Waals surface area contributed by atoms with Crippen molar-refractivity contribution in [2.45, 2.75) is 29.6 Å². The number of nitrogens with one attached hydrogen (secondary N) is 1. The normalized spacial score (nSPS) is 16.0. The summed E-state index contributed by atoms with van der Waals surface area (Å²) in [6.07, 6.45) is 4.75. The van der Waals surface area contributed by atoms with Gasteiger partial charge in [-0.15, -0.1) is 0 Å². The molecule has 1 aliphatic rings. The SMILES string of the molecule is N=S(=O)(c1cccc(COc2ccnc3c(OCF)nccc23)c1)C1CC1. The van der Waals surface area contributed by atoms with Crippen LogP contribution in [0, 0.1) is 4.78 Å². The molecule has 0 aliphatic heterocycles. The molecule has 1 unspecified atom stereocenters. The van der Waals surface area contributed by atoms with E-state index in [1.54, 1.807) is 36.5 Å². The van der Waals surface area contributed by atoms with Gasteiger partial charge in [-0.3, -0.25) is 4.98 Å². The maximum Gasteiger partial charge on any atom is 0.243 e. The number of nitrogens with zero attached hydrogens (tertiary/aromatic N) is 2. The smallest absolute Gasteiger partial charge is 0.243 e. The Kier molecular flexibility index (Phi) is 4.65. The molecular weight excluding hydrogens is 369 g/mol. The van der Waals surface area contributed by atoms with Crippen molar-refractivity contribution in [3.05, 3.63) is 54.4 Å². The molecule has 27 heavy (non-hydrogen) atoms. The zero-order chi connectivity index (χ0) is 18.9. The first-order valence-electron chi connectivity index (χ1n) is 8.51. The van der Waals surface area contributed by atoms with Gasteiger partial charge >= 0.3 is 0 Å². The topological polar surface area (TPSA) is 85.2 Å². The lowest BCUT2D eigenvalue weighted by molar-refractivity contribution is 0.187. The average Bonchev–Trinajstić information content (AvgIpc) is 3.53. The van der Waals surface area contributed by atoms with Gasteiger partial charge in [-0.1, -0.05) is 12.1 Å². The van der Waals surface area contributed by atoms with Crippen LogP contribution in [0.1, 0.15) is 18.4 Å². The second kappa shape index (κ2) is 7.11. The number of fused-ring (bicyclic) bond motifs is 1. The van der Waals surface area contributed by atoms with Crippen molar-refractivity contribution in [2.75, 3.05) is 6.86 Å². The average molecular weight is 387 g/mol. The highest BCUT2D eigenvalue weighted by atomic mass is 32.2. The molecule has 3 aromatic rings. The van der Waals surface area contributed by atoms with E-state index in [1.807, 2.05) is 6.07 Å². The Balaban J connectivity index is 1.58. The van der Waals surface area contributed by atoms with E-state index in [0.29, 0.717) is 21.5 Å². The molecule has 2 aromatic heterocycles. The fourth-order valence-corrected chi connectivity index (χ4v) is 4.68. The fourth-order valence-electron chi connectivity index (χ4n) is 2.89. The molecule has 6 nitrogen and oxygen atoms in total. The first-order chi connectivity index (χ1) is 13.1. The minimum atomic E-state index is -2.74. The zero-order valence-corrected chi connectivity index (χ0v) is 15.2. The number of alkyl halides is 1. The Morgan fingerprint density at radius 1 is 1.15 bits per heavy atom. The molecule has 1 saturated carbocycles. The second-order valence-corrected chi connectivity index (χ2v) is 8.65. The summed E-state index contributed by atoms with van der Waals surface area (Å²) in [6.45, 7) is -0.742. The molecule has 4 rings (SSSR count). The van der Waals surface area contributed by atoms with Gasteiger partial charge in [-0.2, -0.15) is 0 Å². The minimum absolute atomic E-state index is 0.0285. The Bertz CT molecular complexity index is 1080. The summed E-state index contributed by atoms with van der Waals surface area (Å²) in [6, 6.07) is 10.6. The highest BCUT2D eigenvalue weighted by Gasteiger charge is 2.33. The molecule has 2 heterocycles. The molecule has 1 aromatic carbocycles. The Morgan fingerprint density at radius 3 is 2.74 bits per heavy atom. The van der Waals surface area contributed by atoms with Crippen molar-refractivity contribution in [1.29, 1.82) is 4.78 Å².